The Kier molecular flexibility index (Phi) is 6.11. The Bertz CT molecular complexity index is 1500. The van der Waals surface area contributed by atoms with E-state index < -0.39 is 0 Å². The van der Waals surface area contributed by atoms with Gasteiger partial charge in [0.1, 0.15) is 11.1 Å². The quantitative estimate of drug-likeness (QED) is 0.229. The van der Waals surface area contributed by atoms with Crippen LogP contribution in [0.2, 0.25) is 0 Å². The molecule has 1 N–H and O–H groups in total. The monoisotopic (exact) mass is 468 g/mol. The van der Waals surface area contributed by atoms with Crippen molar-refractivity contribution in [2.75, 3.05) is 5.75 Å². The molecule has 0 spiro atoms. The molecule has 0 atom stereocenters. The van der Waals surface area contributed by atoms with E-state index >= 15 is 0 Å². The Morgan fingerprint density at radius 1 is 1.06 bits per heavy atom. The van der Waals surface area contributed by atoms with Gasteiger partial charge in [0.25, 0.3) is 0 Å². The molecule has 2 aromatic carbocycles. The molecular weight excluding hydrogens is 448 g/mol. The molecule has 0 aliphatic carbocycles. The molecule has 5 nitrogen and oxygen atoms in total. The third-order valence-corrected chi connectivity index (χ3v) is 7.37. The van der Waals surface area contributed by atoms with Crippen LogP contribution in [0.1, 0.15) is 12.0 Å². The number of thiophene rings is 1. The number of aryl methyl sites for hydroxylation is 1. The molecule has 3 aromatic heterocycles. The predicted molar refractivity (Wildman–Crippen MR) is 136 cm³/mol. The van der Waals surface area contributed by atoms with E-state index in [9.17, 15) is 10.1 Å². The number of para-hydroxylation sites is 2. The molecule has 0 unspecified atom stereocenters. The number of aromatic nitrogens is 3. The van der Waals surface area contributed by atoms with Crippen molar-refractivity contribution >= 4 is 34.1 Å². The third-order valence-electron chi connectivity index (χ3n) is 5.40. The number of nitriles is 1. The van der Waals surface area contributed by atoms with Crippen LogP contribution in [-0.2, 0) is 6.54 Å². The fraction of sp³-hybridized carbons (Fsp3) is 0.115. The Labute approximate surface area is 199 Å². The summed E-state index contributed by atoms with van der Waals surface area (Å²) in [5.41, 5.74) is 5.06. The summed E-state index contributed by atoms with van der Waals surface area (Å²) in [6, 6.07) is 26.2. The number of nitrogens with one attached hydrogen (secondary N) is 1. The van der Waals surface area contributed by atoms with Crippen molar-refractivity contribution < 1.29 is 0 Å². The molecule has 0 bridgehead atoms. The molecule has 7 heteroatoms. The van der Waals surface area contributed by atoms with Crippen LogP contribution in [-0.4, -0.2) is 20.3 Å². The number of aromatic amines is 1. The number of benzene rings is 2. The molecule has 3 heterocycles. The lowest BCUT2D eigenvalue weighted by atomic mass is 10.0. The second-order valence-electron chi connectivity index (χ2n) is 7.49. The van der Waals surface area contributed by atoms with Gasteiger partial charge < -0.3 is 4.98 Å². The van der Waals surface area contributed by atoms with Gasteiger partial charge in [-0.2, -0.15) is 5.26 Å². The lowest BCUT2D eigenvalue weighted by Crippen LogP contribution is -2.17. The second-order valence-corrected chi connectivity index (χ2v) is 9.52. The Hall–Kier alpha value is -3.60. The lowest BCUT2D eigenvalue weighted by molar-refractivity contribution is 0.679. The zero-order valence-corrected chi connectivity index (χ0v) is 19.3. The molecule has 162 valence electrons. The highest BCUT2D eigenvalue weighted by Gasteiger charge is 2.16. The van der Waals surface area contributed by atoms with Gasteiger partial charge in [-0.3, -0.25) is 4.57 Å². The number of nitrogens with zero attached hydrogens (tertiary/aromatic N) is 3. The van der Waals surface area contributed by atoms with Crippen LogP contribution in [0, 0.1) is 11.3 Å². The molecule has 5 rings (SSSR count). The van der Waals surface area contributed by atoms with Crippen molar-refractivity contribution in [2.45, 2.75) is 18.0 Å². The summed E-state index contributed by atoms with van der Waals surface area (Å²) in [4.78, 5) is 21.1. The van der Waals surface area contributed by atoms with Crippen LogP contribution >= 0.6 is 23.1 Å². The van der Waals surface area contributed by atoms with Gasteiger partial charge >= 0.3 is 5.69 Å². The molecule has 5 aromatic rings. The number of thioether (sulfide) groups is 1. The number of pyridine rings is 1. The van der Waals surface area contributed by atoms with Crippen molar-refractivity contribution in [3.63, 3.8) is 0 Å². The van der Waals surface area contributed by atoms with E-state index in [0.717, 1.165) is 49.9 Å². The van der Waals surface area contributed by atoms with E-state index in [-0.39, 0.29) is 5.69 Å². The summed E-state index contributed by atoms with van der Waals surface area (Å²) in [6.07, 6.45) is 0.781. The largest absolute Gasteiger partial charge is 0.326 e. The molecule has 33 heavy (non-hydrogen) atoms. The highest BCUT2D eigenvalue weighted by Crippen LogP contribution is 2.36. The summed E-state index contributed by atoms with van der Waals surface area (Å²) in [5.74, 6) is 0.746. The number of fused-ring (bicyclic) bond motifs is 1. The Balaban J connectivity index is 1.42. The van der Waals surface area contributed by atoms with Crippen molar-refractivity contribution in [1.82, 2.24) is 14.5 Å². The average molecular weight is 469 g/mol. The normalized spacial score (nSPS) is 11.0. The first kappa shape index (κ1) is 21.3. The van der Waals surface area contributed by atoms with Gasteiger partial charge in [0, 0.05) is 28.3 Å². The second kappa shape index (κ2) is 9.49. The van der Waals surface area contributed by atoms with Gasteiger partial charge in [0.2, 0.25) is 0 Å². The van der Waals surface area contributed by atoms with E-state index in [2.05, 4.69) is 11.1 Å². The molecular formula is C26H20N4OS2. The Morgan fingerprint density at radius 2 is 1.88 bits per heavy atom. The zero-order chi connectivity index (χ0) is 22.6. The van der Waals surface area contributed by atoms with E-state index in [4.69, 9.17) is 4.98 Å². The fourth-order valence-electron chi connectivity index (χ4n) is 3.84. The number of rotatable bonds is 7. The number of H-pyrrole nitrogens is 1. The van der Waals surface area contributed by atoms with Crippen molar-refractivity contribution in [2.24, 2.45) is 0 Å². The zero-order valence-electron chi connectivity index (χ0n) is 17.7. The topological polar surface area (TPSA) is 74.5 Å². The van der Waals surface area contributed by atoms with Gasteiger partial charge in [-0.05, 0) is 36.1 Å². The van der Waals surface area contributed by atoms with E-state index in [1.54, 1.807) is 27.7 Å². The first-order valence-corrected chi connectivity index (χ1v) is 12.5. The smallest absolute Gasteiger partial charge is 0.306 e. The maximum Gasteiger partial charge on any atom is 0.326 e. The van der Waals surface area contributed by atoms with Gasteiger partial charge in [0.05, 0.1) is 22.3 Å². The van der Waals surface area contributed by atoms with Crippen molar-refractivity contribution in [1.29, 1.82) is 5.26 Å². The number of hydrogen-bond donors (Lipinski definition) is 1. The SMILES string of the molecule is N#Cc1c(-c2cccs2)cc(-c2ccccc2)nc1SCCCn1c(=O)[nH]c2ccccc21. The average Bonchev–Trinajstić information content (AvgIpc) is 3.50. The van der Waals surface area contributed by atoms with Gasteiger partial charge in [-0.15, -0.1) is 23.1 Å². The third kappa shape index (κ3) is 4.36. The Morgan fingerprint density at radius 3 is 2.67 bits per heavy atom. The molecule has 0 aliphatic rings. The minimum atomic E-state index is -0.0944. The maximum absolute atomic E-state index is 12.3. The minimum absolute atomic E-state index is 0.0944. The summed E-state index contributed by atoms with van der Waals surface area (Å²) in [5, 5.41) is 12.7. The molecule has 0 aliphatic heterocycles. The van der Waals surface area contributed by atoms with Crippen LogP contribution in [0.25, 0.3) is 32.7 Å². The molecule has 0 amide bonds. The molecule has 0 fully saturated rings. The maximum atomic E-state index is 12.3. The van der Waals surface area contributed by atoms with E-state index in [0.29, 0.717) is 12.1 Å². The summed E-state index contributed by atoms with van der Waals surface area (Å²) < 4.78 is 1.77. The highest BCUT2D eigenvalue weighted by atomic mass is 32.2. The van der Waals surface area contributed by atoms with Crippen molar-refractivity contribution in [3.8, 4) is 27.8 Å². The first-order valence-electron chi connectivity index (χ1n) is 10.6. The van der Waals surface area contributed by atoms with Gasteiger partial charge in [0.15, 0.2) is 0 Å². The highest BCUT2D eigenvalue weighted by molar-refractivity contribution is 7.99. The minimum Gasteiger partial charge on any atom is -0.306 e. The number of hydrogen-bond acceptors (Lipinski definition) is 5. The van der Waals surface area contributed by atoms with Crippen LogP contribution < -0.4 is 5.69 Å². The van der Waals surface area contributed by atoms with Crippen LogP contribution in [0.3, 0.4) is 0 Å². The molecule has 0 radical (unpaired) electrons. The standard InChI is InChI=1S/C26H20N4OS2/c27-17-20-19(24-12-6-14-32-24)16-22(18-8-2-1-3-9-18)28-25(20)33-15-7-13-30-23-11-5-4-10-21(23)29-26(30)31/h1-6,8-12,14,16H,7,13,15H2,(H,29,31). The molecule has 0 saturated carbocycles. The van der Waals surface area contributed by atoms with Gasteiger partial charge in [-0.25, -0.2) is 9.78 Å². The van der Waals surface area contributed by atoms with Crippen LogP contribution in [0.5, 0.6) is 0 Å². The van der Waals surface area contributed by atoms with E-state index in [1.807, 2.05) is 78.2 Å². The fourth-order valence-corrected chi connectivity index (χ4v) is 5.52. The van der Waals surface area contributed by atoms with Crippen molar-refractivity contribution in [3.05, 3.63) is 94.2 Å². The van der Waals surface area contributed by atoms with Crippen LogP contribution in [0.4, 0.5) is 0 Å². The summed E-state index contributed by atoms with van der Waals surface area (Å²) >= 11 is 3.19. The lowest BCUT2D eigenvalue weighted by Gasteiger charge is -2.11. The molecule has 0 saturated heterocycles. The summed E-state index contributed by atoms with van der Waals surface area (Å²) in [7, 11) is 0. The van der Waals surface area contributed by atoms with E-state index in [1.165, 1.54) is 0 Å². The first-order chi connectivity index (χ1) is 16.2. The van der Waals surface area contributed by atoms with Crippen LogP contribution in [0.15, 0.2) is 88.0 Å². The summed E-state index contributed by atoms with van der Waals surface area (Å²) in [6.45, 7) is 0.605. The number of imidazole rings is 1. The predicted octanol–water partition coefficient (Wildman–Crippen LogP) is 6.17. The van der Waals surface area contributed by atoms with Gasteiger partial charge in [-0.1, -0.05) is 48.5 Å².